The second-order valence-corrected chi connectivity index (χ2v) is 3.03. The van der Waals surface area contributed by atoms with E-state index >= 15 is 0 Å². The molecule has 3 heteroatoms. The molecule has 0 unspecified atom stereocenters. The molecule has 0 aromatic carbocycles. The summed E-state index contributed by atoms with van der Waals surface area (Å²) in [5.41, 5.74) is 0. The molecule has 0 aromatic rings. The summed E-state index contributed by atoms with van der Waals surface area (Å²) in [6.45, 7) is 0. The van der Waals surface area contributed by atoms with Crippen LogP contribution in [0.25, 0.3) is 0 Å². The minimum Gasteiger partial charge on any atom is -0.479 e. The molecule has 1 heterocycles. The van der Waals surface area contributed by atoms with Crippen LogP contribution in [-0.4, -0.2) is 23.3 Å². The van der Waals surface area contributed by atoms with E-state index in [1.165, 1.54) is 0 Å². The zero-order valence-electron chi connectivity index (χ0n) is 5.62. The first-order valence-corrected chi connectivity index (χ1v) is 3.67. The molecule has 1 aliphatic heterocycles. The van der Waals surface area contributed by atoms with Crippen LogP contribution < -0.4 is 0 Å². The third kappa shape index (κ3) is 0.669. The minimum atomic E-state index is -0.789. The summed E-state index contributed by atoms with van der Waals surface area (Å²) < 4.78 is 5.12. The summed E-state index contributed by atoms with van der Waals surface area (Å²) in [6, 6.07) is 0. The summed E-state index contributed by atoms with van der Waals surface area (Å²) in [5, 5.41) is 8.56. The highest BCUT2D eigenvalue weighted by Gasteiger charge is 2.48. The first kappa shape index (κ1) is 6.16. The van der Waals surface area contributed by atoms with E-state index < -0.39 is 12.1 Å². The average Bonchev–Trinajstić information content (AvgIpc) is 2.11. The van der Waals surface area contributed by atoms with Crippen LogP contribution in [0.3, 0.4) is 0 Å². The predicted octanol–water partition coefficient (Wildman–Crippen LogP) is 0.639. The topological polar surface area (TPSA) is 46.5 Å². The van der Waals surface area contributed by atoms with Crippen LogP contribution in [-0.2, 0) is 9.53 Å². The Hall–Kier alpha value is -0.570. The zero-order valence-corrected chi connectivity index (χ0v) is 5.62. The standard InChI is InChI=1S/C7H10O3/c8-7(9)6-4-2-1-3-5(4)10-6/h4-6H,1-3H2,(H,8,9)/t4-,5+,6+/m0/s1. The lowest BCUT2D eigenvalue weighted by Crippen LogP contribution is -2.49. The van der Waals surface area contributed by atoms with Crippen molar-refractivity contribution in [3.05, 3.63) is 0 Å². The number of carboxylic acids is 1. The molecule has 0 spiro atoms. The van der Waals surface area contributed by atoms with Gasteiger partial charge in [0.1, 0.15) is 0 Å². The second kappa shape index (κ2) is 1.95. The molecule has 1 saturated carbocycles. The van der Waals surface area contributed by atoms with Crippen molar-refractivity contribution in [3.63, 3.8) is 0 Å². The van der Waals surface area contributed by atoms with Gasteiger partial charge in [-0.15, -0.1) is 0 Å². The molecular formula is C7H10O3. The summed E-state index contributed by atoms with van der Waals surface area (Å²) >= 11 is 0. The van der Waals surface area contributed by atoms with Crippen molar-refractivity contribution in [2.45, 2.75) is 31.5 Å². The monoisotopic (exact) mass is 142 g/mol. The number of rotatable bonds is 1. The molecule has 0 aromatic heterocycles. The van der Waals surface area contributed by atoms with Gasteiger partial charge in [0.25, 0.3) is 0 Å². The molecule has 0 bridgehead atoms. The van der Waals surface area contributed by atoms with Gasteiger partial charge in [0, 0.05) is 5.92 Å². The van der Waals surface area contributed by atoms with E-state index in [0.717, 1.165) is 19.3 Å². The van der Waals surface area contributed by atoms with E-state index in [1.54, 1.807) is 0 Å². The summed E-state index contributed by atoms with van der Waals surface area (Å²) in [7, 11) is 0. The maximum absolute atomic E-state index is 10.4. The molecular weight excluding hydrogens is 132 g/mol. The van der Waals surface area contributed by atoms with Crippen LogP contribution >= 0.6 is 0 Å². The van der Waals surface area contributed by atoms with E-state index in [-0.39, 0.29) is 6.10 Å². The highest BCUT2D eigenvalue weighted by atomic mass is 16.5. The summed E-state index contributed by atoms with van der Waals surface area (Å²) in [6.07, 6.45) is 3.04. The van der Waals surface area contributed by atoms with Gasteiger partial charge in [-0.1, -0.05) is 6.42 Å². The first-order chi connectivity index (χ1) is 4.79. The fourth-order valence-corrected chi connectivity index (χ4v) is 1.91. The third-order valence-electron chi connectivity index (χ3n) is 2.46. The van der Waals surface area contributed by atoms with Crippen molar-refractivity contribution >= 4 is 5.97 Å². The maximum atomic E-state index is 10.4. The van der Waals surface area contributed by atoms with Gasteiger partial charge in [-0.25, -0.2) is 4.79 Å². The number of carboxylic acid groups (broad SMARTS) is 1. The fourth-order valence-electron chi connectivity index (χ4n) is 1.91. The third-order valence-corrected chi connectivity index (χ3v) is 2.46. The van der Waals surface area contributed by atoms with E-state index in [2.05, 4.69) is 0 Å². The Morgan fingerprint density at radius 1 is 1.50 bits per heavy atom. The lowest BCUT2D eigenvalue weighted by Gasteiger charge is -2.37. The van der Waals surface area contributed by atoms with Gasteiger partial charge in [0.15, 0.2) is 6.10 Å². The van der Waals surface area contributed by atoms with Gasteiger partial charge in [-0.2, -0.15) is 0 Å². The molecule has 56 valence electrons. The number of hydrogen-bond acceptors (Lipinski definition) is 2. The van der Waals surface area contributed by atoms with Crippen molar-refractivity contribution in [2.24, 2.45) is 5.92 Å². The van der Waals surface area contributed by atoms with Gasteiger partial charge in [-0.05, 0) is 12.8 Å². The number of aliphatic carboxylic acids is 1. The quantitative estimate of drug-likeness (QED) is 0.584. The second-order valence-electron chi connectivity index (χ2n) is 3.03. The normalized spacial score (nSPS) is 44.2. The van der Waals surface area contributed by atoms with Crippen molar-refractivity contribution in [1.82, 2.24) is 0 Å². The van der Waals surface area contributed by atoms with Gasteiger partial charge < -0.3 is 9.84 Å². The smallest absolute Gasteiger partial charge is 0.333 e. The van der Waals surface area contributed by atoms with Crippen LogP contribution in [0.15, 0.2) is 0 Å². The molecule has 1 N–H and O–H groups in total. The SMILES string of the molecule is O=C(O)[C@@H]1O[C@@H]2CCC[C@@H]21. The fraction of sp³-hybridized carbons (Fsp3) is 0.857. The largest absolute Gasteiger partial charge is 0.479 e. The number of carbonyl (C=O) groups is 1. The van der Waals surface area contributed by atoms with Crippen LogP contribution in [0.5, 0.6) is 0 Å². The Labute approximate surface area is 59.0 Å². The van der Waals surface area contributed by atoms with Crippen molar-refractivity contribution in [2.75, 3.05) is 0 Å². The Morgan fingerprint density at radius 2 is 2.30 bits per heavy atom. The molecule has 0 amide bonds. The van der Waals surface area contributed by atoms with E-state index in [1.807, 2.05) is 0 Å². The van der Waals surface area contributed by atoms with Crippen molar-refractivity contribution in [3.8, 4) is 0 Å². The molecule has 2 rings (SSSR count). The molecule has 0 radical (unpaired) electrons. The number of hydrogen-bond donors (Lipinski definition) is 1. The molecule has 1 aliphatic carbocycles. The average molecular weight is 142 g/mol. The van der Waals surface area contributed by atoms with Gasteiger partial charge >= 0.3 is 5.97 Å². The van der Waals surface area contributed by atoms with E-state index in [4.69, 9.17) is 9.84 Å². The summed E-state index contributed by atoms with van der Waals surface area (Å²) in [4.78, 5) is 10.4. The lowest BCUT2D eigenvalue weighted by atomic mass is 9.92. The van der Waals surface area contributed by atoms with Crippen molar-refractivity contribution < 1.29 is 14.6 Å². The Kier molecular flexibility index (Phi) is 1.20. The van der Waals surface area contributed by atoms with Crippen molar-refractivity contribution in [1.29, 1.82) is 0 Å². The van der Waals surface area contributed by atoms with Crippen LogP contribution in [0.1, 0.15) is 19.3 Å². The van der Waals surface area contributed by atoms with E-state index in [9.17, 15) is 4.79 Å². The molecule has 2 aliphatic rings. The number of ether oxygens (including phenoxy) is 1. The van der Waals surface area contributed by atoms with E-state index in [0.29, 0.717) is 5.92 Å². The Morgan fingerprint density at radius 3 is 2.90 bits per heavy atom. The Balaban J connectivity index is 2.00. The number of fused-ring (bicyclic) bond motifs is 1. The van der Waals surface area contributed by atoms with Crippen LogP contribution in [0, 0.1) is 5.92 Å². The van der Waals surface area contributed by atoms with Gasteiger partial charge in [0.2, 0.25) is 0 Å². The molecule has 3 atom stereocenters. The zero-order chi connectivity index (χ0) is 7.14. The van der Waals surface area contributed by atoms with Crippen LogP contribution in [0.2, 0.25) is 0 Å². The minimum absolute atomic E-state index is 0.279. The van der Waals surface area contributed by atoms with Crippen LogP contribution in [0.4, 0.5) is 0 Å². The highest BCUT2D eigenvalue weighted by Crippen LogP contribution is 2.41. The molecule has 10 heavy (non-hydrogen) atoms. The molecule has 1 saturated heterocycles. The highest BCUT2D eigenvalue weighted by molar-refractivity contribution is 5.74. The maximum Gasteiger partial charge on any atom is 0.333 e. The molecule has 2 fully saturated rings. The molecule has 3 nitrogen and oxygen atoms in total. The van der Waals surface area contributed by atoms with Gasteiger partial charge in [0.05, 0.1) is 6.10 Å². The Bertz CT molecular complexity index is 166. The lowest BCUT2D eigenvalue weighted by molar-refractivity contribution is -0.197. The van der Waals surface area contributed by atoms with Gasteiger partial charge in [-0.3, -0.25) is 0 Å². The summed E-state index contributed by atoms with van der Waals surface area (Å²) in [5.74, 6) is -0.458. The first-order valence-electron chi connectivity index (χ1n) is 3.67. The predicted molar refractivity (Wildman–Crippen MR) is 33.6 cm³/mol.